The Morgan fingerprint density at radius 1 is 1.22 bits per heavy atom. The molecule has 4 atom stereocenters. The molecule has 8 nitrogen and oxygen atoms in total. The molecule has 2 aliphatic carbocycles. The lowest BCUT2D eigenvalue weighted by Crippen LogP contribution is -2.55. The van der Waals surface area contributed by atoms with Crippen LogP contribution in [0.15, 0.2) is 33.8 Å². The summed E-state index contributed by atoms with van der Waals surface area (Å²) in [6, 6.07) is 0.845. The Morgan fingerprint density at radius 2 is 2.03 bits per heavy atom. The molecular weight excluding hydrogens is 452 g/mol. The van der Waals surface area contributed by atoms with E-state index in [4.69, 9.17) is 4.99 Å². The number of hydrogen-bond donors (Lipinski definition) is 2. The minimum Gasteiger partial charge on any atom is -0.348 e. The first-order valence-corrected chi connectivity index (χ1v) is 14.0. The average Bonchev–Trinajstić information content (AvgIpc) is 2.85. The number of amides is 2. The second-order valence-corrected chi connectivity index (χ2v) is 11.9. The van der Waals surface area contributed by atoms with Crippen LogP contribution in [-0.4, -0.2) is 97.0 Å². The Hall–Kier alpha value is -2.32. The van der Waals surface area contributed by atoms with Crippen molar-refractivity contribution in [2.45, 2.75) is 76.0 Å². The quantitative estimate of drug-likeness (QED) is 0.591. The molecular formula is C28H40N6O2. The normalized spacial score (nSPS) is 34.2. The van der Waals surface area contributed by atoms with Crippen LogP contribution in [0.3, 0.4) is 0 Å². The monoisotopic (exact) mass is 492 g/mol. The molecule has 4 aliphatic heterocycles. The molecule has 36 heavy (non-hydrogen) atoms. The van der Waals surface area contributed by atoms with Crippen molar-refractivity contribution in [3.8, 4) is 0 Å². The lowest BCUT2D eigenvalue weighted by atomic mass is 9.54. The van der Waals surface area contributed by atoms with E-state index in [1.807, 2.05) is 12.3 Å². The average molecular weight is 493 g/mol. The number of nitrogens with zero attached hydrogens (tertiary/aromatic N) is 4. The summed E-state index contributed by atoms with van der Waals surface area (Å²) >= 11 is 0. The Bertz CT molecular complexity index is 996. The highest BCUT2D eigenvalue weighted by Gasteiger charge is 2.48. The fraction of sp³-hybridized carbons (Fsp3) is 0.714. The number of piperidine rings is 1. The van der Waals surface area contributed by atoms with Crippen LogP contribution in [0.4, 0.5) is 0 Å². The van der Waals surface area contributed by atoms with E-state index >= 15 is 0 Å². The zero-order chi connectivity index (χ0) is 24.7. The second-order valence-electron chi connectivity index (χ2n) is 11.9. The Balaban J connectivity index is 0.935. The molecule has 2 saturated carbocycles. The summed E-state index contributed by atoms with van der Waals surface area (Å²) in [5.41, 5.74) is 2.36. The number of carbonyl (C=O) groups is 2. The Labute approximate surface area is 214 Å². The third-order valence-electron chi connectivity index (χ3n) is 9.49. The van der Waals surface area contributed by atoms with Gasteiger partial charge in [-0.05, 0) is 55.6 Å². The van der Waals surface area contributed by atoms with Gasteiger partial charge in [-0.1, -0.05) is 25.5 Å². The predicted molar refractivity (Wildman–Crippen MR) is 141 cm³/mol. The largest absolute Gasteiger partial charge is 0.348 e. The van der Waals surface area contributed by atoms with Crippen molar-refractivity contribution in [2.75, 3.05) is 39.3 Å². The highest BCUT2D eigenvalue weighted by atomic mass is 16.2. The molecule has 1 spiro atoms. The molecule has 6 aliphatic rings. The minimum atomic E-state index is -0.00211. The van der Waals surface area contributed by atoms with Gasteiger partial charge in [0.1, 0.15) is 5.71 Å². The first kappa shape index (κ1) is 24.0. The van der Waals surface area contributed by atoms with E-state index in [2.05, 4.69) is 44.5 Å². The first-order chi connectivity index (χ1) is 17.5. The smallest absolute Gasteiger partial charge is 0.269 e. The summed E-state index contributed by atoms with van der Waals surface area (Å²) in [5.74, 6) is 0.268. The fourth-order valence-electron chi connectivity index (χ4n) is 6.98. The number of hydrogen-bond acceptors (Lipinski definition) is 6. The van der Waals surface area contributed by atoms with E-state index in [9.17, 15) is 9.59 Å². The predicted octanol–water partition coefficient (Wildman–Crippen LogP) is 1.73. The van der Waals surface area contributed by atoms with Gasteiger partial charge in [0.15, 0.2) is 0 Å². The van der Waals surface area contributed by atoms with Gasteiger partial charge in [0.2, 0.25) is 5.91 Å². The van der Waals surface area contributed by atoms with Crippen molar-refractivity contribution in [1.29, 1.82) is 0 Å². The van der Waals surface area contributed by atoms with Crippen LogP contribution in [-0.2, 0) is 9.59 Å². The third-order valence-corrected chi connectivity index (χ3v) is 9.49. The molecule has 0 aromatic heterocycles. The number of piperazine rings is 1. The number of aliphatic imine (C=N–C) groups is 2. The highest BCUT2D eigenvalue weighted by Crippen LogP contribution is 2.55. The summed E-state index contributed by atoms with van der Waals surface area (Å²) in [7, 11) is 0. The van der Waals surface area contributed by atoms with Crippen molar-refractivity contribution in [1.82, 2.24) is 20.4 Å². The van der Waals surface area contributed by atoms with E-state index in [1.165, 1.54) is 24.8 Å². The second kappa shape index (κ2) is 9.86. The van der Waals surface area contributed by atoms with E-state index in [0.29, 0.717) is 23.7 Å². The zero-order valence-corrected chi connectivity index (χ0v) is 21.5. The molecule has 0 aromatic carbocycles. The maximum Gasteiger partial charge on any atom is 0.269 e. The van der Waals surface area contributed by atoms with Gasteiger partial charge in [-0.2, -0.15) is 0 Å². The number of dihydropyridines is 2. The van der Waals surface area contributed by atoms with E-state index < -0.39 is 0 Å². The molecule has 4 unspecified atom stereocenters. The van der Waals surface area contributed by atoms with Crippen molar-refractivity contribution in [3.05, 3.63) is 23.8 Å². The van der Waals surface area contributed by atoms with Crippen LogP contribution in [0, 0.1) is 11.3 Å². The van der Waals surface area contributed by atoms with Crippen molar-refractivity contribution in [2.24, 2.45) is 21.3 Å². The van der Waals surface area contributed by atoms with E-state index in [-0.39, 0.29) is 35.9 Å². The van der Waals surface area contributed by atoms with Gasteiger partial charge in [-0.15, -0.1) is 0 Å². The molecule has 194 valence electrons. The van der Waals surface area contributed by atoms with Crippen molar-refractivity contribution < 1.29 is 9.59 Å². The van der Waals surface area contributed by atoms with Crippen molar-refractivity contribution >= 4 is 23.7 Å². The van der Waals surface area contributed by atoms with Gasteiger partial charge in [-0.25, -0.2) is 0 Å². The molecule has 2 amide bonds. The lowest BCUT2D eigenvalue weighted by Gasteiger charge is -2.54. The summed E-state index contributed by atoms with van der Waals surface area (Å²) in [6.07, 6.45) is 16.4. The van der Waals surface area contributed by atoms with Crippen LogP contribution in [0.2, 0.25) is 0 Å². The van der Waals surface area contributed by atoms with Gasteiger partial charge in [0, 0.05) is 56.9 Å². The third kappa shape index (κ3) is 4.82. The molecule has 4 fully saturated rings. The Morgan fingerprint density at radius 3 is 2.69 bits per heavy atom. The van der Waals surface area contributed by atoms with Crippen LogP contribution < -0.4 is 10.6 Å². The SMILES string of the molecule is CCC1CC2N=CC(CN3CCN(C4C=CC(C(=O)NC5CC6(CCC6)C5)=NC4)CC3)=CC2NC1=O. The molecule has 0 bridgehead atoms. The topological polar surface area (TPSA) is 89.4 Å². The molecule has 2 N–H and O–H groups in total. The van der Waals surface area contributed by atoms with Gasteiger partial charge in [0.05, 0.1) is 18.6 Å². The van der Waals surface area contributed by atoms with E-state index in [0.717, 1.165) is 58.4 Å². The molecule has 2 saturated heterocycles. The summed E-state index contributed by atoms with van der Waals surface area (Å²) in [5, 5.41) is 6.36. The van der Waals surface area contributed by atoms with Gasteiger partial charge < -0.3 is 10.6 Å². The van der Waals surface area contributed by atoms with Gasteiger partial charge in [-0.3, -0.25) is 29.4 Å². The maximum atomic E-state index is 12.6. The number of carbonyl (C=O) groups excluding carboxylic acids is 2. The van der Waals surface area contributed by atoms with Crippen LogP contribution in [0.5, 0.6) is 0 Å². The van der Waals surface area contributed by atoms with Crippen LogP contribution in [0.1, 0.15) is 51.9 Å². The number of fused-ring (bicyclic) bond motifs is 1. The summed E-state index contributed by atoms with van der Waals surface area (Å²) in [4.78, 5) is 39.3. The molecule has 6 rings (SSSR count). The highest BCUT2D eigenvalue weighted by molar-refractivity contribution is 6.43. The molecule has 0 radical (unpaired) electrons. The molecule has 0 aromatic rings. The number of rotatable bonds is 6. The zero-order valence-electron chi connectivity index (χ0n) is 21.5. The summed E-state index contributed by atoms with van der Waals surface area (Å²) < 4.78 is 0. The van der Waals surface area contributed by atoms with Gasteiger partial charge >= 0.3 is 0 Å². The van der Waals surface area contributed by atoms with Crippen molar-refractivity contribution in [3.63, 3.8) is 0 Å². The van der Waals surface area contributed by atoms with Crippen LogP contribution in [0.25, 0.3) is 0 Å². The maximum absolute atomic E-state index is 12.6. The fourth-order valence-corrected chi connectivity index (χ4v) is 6.98. The summed E-state index contributed by atoms with van der Waals surface area (Å²) in [6.45, 7) is 7.57. The van der Waals surface area contributed by atoms with E-state index in [1.54, 1.807) is 0 Å². The molecule has 4 heterocycles. The molecule has 8 heteroatoms. The first-order valence-electron chi connectivity index (χ1n) is 14.0. The number of nitrogens with one attached hydrogen (secondary N) is 2. The standard InChI is InChI=1S/C28H40N6O2/c1-2-20-13-24-25(32-26(20)35)12-19(16-29-24)18-33-8-10-34(11-9-33)22-4-5-23(30-17-22)27(36)31-21-14-28(15-21)6-3-7-28/h4-5,12,16,20-22,24-25H,2-3,6-11,13-15,17-18H2,1H3,(H,31,36)(H,32,35). The van der Waals surface area contributed by atoms with Crippen LogP contribution >= 0.6 is 0 Å². The lowest BCUT2D eigenvalue weighted by molar-refractivity contribution is -0.127. The minimum absolute atomic E-state index is 0.00211. The Kier molecular flexibility index (Phi) is 6.58. The van der Waals surface area contributed by atoms with Gasteiger partial charge in [0.25, 0.3) is 5.91 Å².